The zero-order chi connectivity index (χ0) is 31.6. The molecule has 2 heterocycles. The summed E-state index contributed by atoms with van der Waals surface area (Å²) in [5, 5.41) is 0. The van der Waals surface area contributed by atoms with Crippen LogP contribution in [-0.2, 0) is 0 Å². The first-order valence-electron chi connectivity index (χ1n) is 23.4. The predicted molar refractivity (Wildman–Crippen MR) is 200 cm³/mol. The van der Waals surface area contributed by atoms with Gasteiger partial charge in [0.05, 0.1) is 0 Å². The fourth-order valence-corrected chi connectivity index (χ4v) is 17.4. The van der Waals surface area contributed by atoms with E-state index in [9.17, 15) is 0 Å². The maximum absolute atomic E-state index is 3.46. The third kappa shape index (κ3) is 5.66. The third-order valence-electron chi connectivity index (χ3n) is 19.0. The Labute approximate surface area is 297 Å². The lowest BCUT2D eigenvalue weighted by molar-refractivity contribution is -0.00132. The van der Waals surface area contributed by atoms with Crippen LogP contribution < -0.4 is 0 Å². The molecule has 0 radical (unpaired) electrons. The Morgan fingerprint density at radius 2 is 0.729 bits per heavy atom. The van der Waals surface area contributed by atoms with E-state index in [-0.39, 0.29) is 0 Å². The Bertz CT molecular complexity index is 1060. The first kappa shape index (κ1) is 32.6. The summed E-state index contributed by atoms with van der Waals surface area (Å²) in [4.78, 5) is 6.80. The van der Waals surface area contributed by atoms with E-state index in [1.165, 1.54) is 44.9 Å². The number of hydrogen-bond donors (Lipinski definition) is 0. The Morgan fingerprint density at radius 1 is 0.250 bits per heavy atom. The third-order valence-corrected chi connectivity index (χ3v) is 19.0. The summed E-state index contributed by atoms with van der Waals surface area (Å²) in [6.45, 7) is 0. The Balaban J connectivity index is 0.920. The quantitative estimate of drug-likeness (QED) is 0.297. The first-order chi connectivity index (χ1) is 23.8. The molecular formula is C46H76N2. The minimum absolute atomic E-state index is 0.939. The van der Waals surface area contributed by atoms with Crippen molar-refractivity contribution in [3.8, 4) is 0 Å². The lowest BCUT2D eigenvalue weighted by atomic mass is 9.60. The molecule has 12 atom stereocenters. The molecule has 270 valence electrons. The van der Waals surface area contributed by atoms with Crippen LogP contribution in [0.25, 0.3) is 0 Å². The number of rotatable bonds is 4. The molecule has 0 aromatic heterocycles. The Kier molecular flexibility index (Phi) is 9.53. The summed E-state index contributed by atoms with van der Waals surface area (Å²) in [5.41, 5.74) is 0. The van der Waals surface area contributed by atoms with E-state index in [0.717, 1.165) is 95.4 Å². The first-order valence-corrected chi connectivity index (χ1v) is 23.4. The molecule has 0 aromatic carbocycles. The highest BCUT2D eigenvalue weighted by atomic mass is 15.3. The molecule has 2 heteroatoms. The maximum atomic E-state index is 3.46. The largest absolute Gasteiger partial charge is 0.294 e. The molecule has 2 saturated heterocycles. The maximum Gasteiger partial charge on any atom is 0.0137 e. The van der Waals surface area contributed by atoms with Gasteiger partial charge in [0, 0.05) is 36.3 Å². The lowest BCUT2D eigenvalue weighted by Gasteiger charge is -2.50. The summed E-state index contributed by atoms with van der Waals surface area (Å²) in [6.07, 6.45) is 47.0. The molecule has 8 aliphatic carbocycles. The van der Waals surface area contributed by atoms with Crippen LogP contribution in [0.15, 0.2) is 0 Å². The van der Waals surface area contributed by atoms with Gasteiger partial charge in [0.25, 0.3) is 0 Å². The summed E-state index contributed by atoms with van der Waals surface area (Å²) < 4.78 is 0. The van der Waals surface area contributed by atoms with Gasteiger partial charge in [-0.25, -0.2) is 0 Å². The van der Waals surface area contributed by atoms with E-state index < -0.39 is 0 Å². The highest BCUT2D eigenvalue weighted by Crippen LogP contribution is 2.62. The molecule has 0 amide bonds. The van der Waals surface area contributed by atoms with Crippen LogP contribution in [0.5, 0.6) is 0 Å². The van der Waals surface area contributed by atoms with Crippen molar-refractivity contribution in [2.75, 3.05) is 0 Å². The zero-order valence-electron chi connectivity index (χ0n) is 31.3. The van der Waals surface area contributed by atoms with Crippen LogP contribution >= 0.6 is 0 Å². The molecule has 8 saturated carbocycles. The monoisotopic (exact) mass is 657 g/mol. The van der Waals surface area contributed by atoms with E-state index in [2.05, 4.69) is 9.80 Å². The second kappa shape index (κ2) is 14.0. The van der Waals surface area contributed by atoms with E-state index in [1.807, 2.05) is 0 Å². The molecule has 0 N–H and O–H groups in total. The average molecular weight is 657 g/mol. The van der Waals surface area contributed by atoms with E-state index in [4.69, 9.17) is 0 Å². The van der Waals surface area contributed by atoms with Crippen molar-refractivity contribution in [3.63, 3.8) is 0 Å². The van der Waals surface area contributed by atoms with Gasteiger partial charge in [0.15, 0.2) is 0 Å². The van der Waals surface area contributed by atoms with Gasteiger partial charge >= 0.3 is 0 Å². The molecule has 0 spiro atoms. The van der Waals surface area contributed by atoms with Gasteiger partial charge in [-0.3, -0.25) is 9.80 Å². The van der Waals surface area contributed by atoms with Crippen molar-refractivity contribution in [2.45, 2.75) is 229 Å². The highest BCUT2D eigenvalue weighted by molar-refractivity contribution is 5.16. The van der Waals surface area contributed by atoms with Crippen molar-refractivity contribution >= 4 is 0 Å². The van der Waals surface area contributed by atoms with Crippen molar-refractivity contribution in [3.05, 3.63) is 0 Å². The lowest BCUT2D eigenvalue weighted by Crippen LogP contribution is -2.53. The smallest absolute Gasteiger partial charge is 0.0137 e. The number of likely N-dealkylation sites (tertiary alicyclic amines) is 2. The van der Waals surface area contributed by atoms with Gasteiger partial charge < -0.3 is 0 Å². The summed E-state index contributed by atoms with van der Waals surface area (Å²) >= 11 is 0. The normalized spacial score (nSPS) is 51.0. The molecule has 10 rings (SSSR count). The molecule has 2 nitrogen and oxygen atoms in total. The van der Waals surface area contributed by atoms with Gasteiger partial charge in [-0.2, -0.15) is 0 Å². The molecule has 12 unspecified atom stereocenters. The molecule has 10 aliphatic rings. The standard InChI is InChI=1S/C46H76N2/c1-3-12-31(13-4-1)34-24-27-40-44(30-34)48(36-25-22-33(23-26-36)38-20-11-15-32-14-7-8-18-37(32)38)43-29-28-42-45(46(40)43)39-19-9-10-21-41(39)47(42)35-16-5-2-6-17-35/h31-46H,1-30H2. The fraction of sp³-hybridized carbons (Fsp3) is 1.00. The molecule has 48 heavy (non-hydrogen) atoms. The molecular weight excluding hydrogens is 581 g/mol. The van der Waals surface area contributed by atoms with Crippen molar-refractivity contribution in [1.29, 1.82) is 0 Å². The molecule has 0 bridgehead atoms. The fourth-order valence-electron chi connectivity index (χ4n) is 17.4. The minimum atomic E-state index is 0.939. The van der Waals surface area contributed by atoms with Crippen molar-refractivity contribution in [1.82, 2.24) is 9.80 Å². The van der Waals surface area contributed by atoms with Gasteiger partial charge in [-0.1, -0.05) is 96.3 Å². The van der Waals surface area contributed by atoms with Crippen LogP contribution in [0.1, 0.15) is 193 Å². The average Bonchev–Trinajstić information content (AvgIpc) is 3.68. The van der Waals surface area contributed by atoms with Crippen molar-refractivity contribution in [2.24, 2.45) is 59.2 Å². The minimum Gasteiger partial charge on any atom is -0.294 e. The molecule has 0 aromatic rings. The van der Waals surface area contributed by atoms with Gasteiger partial charge in [-0.05, 0) is 155 Å². The van der Waals surface area contributed by atoms with E-state index in [0.29, 0.717) is 0 Å². The Hall–Kier alpha value is -0.0800. The summed E-state index contributed by atoms with van der Waals surface area (Å²) in [6, 6.07) is 5.74. The van der Waals surface area contributed by atoms with Crippen LogP contribution in [0, 0.1) is 59.2 Å². The van der Waals surface area contributed by atoms with Crippen LogP contribution in [-0.4, -0.2) is 46.1 Å². The predicted octanol–water partition coefficient (Wildman–Crippen LogP) is 11.8. The molecule has 10 fully saturated rings. The highest BCUT2D eigenvalue weighted by Gasteiger charge is 2.64. The summed E-state index contributed by atoms with van der Waals surface area (Å²) in [5.74, 6) is 10.8. The number of fused-ring (bicyclic) bond motifs is 8. The van der Waals surface area contributed by atoms with E-state index in [1.54, 1.807) is 148 Å². The van der Waals surface area contributed by atoms with Crippen LogP contribution in [0.2, 0.25) is 0 Å². The second-order valence-corrected chi connectivity index (χ2v) is 20.6. The SMILES string of the molecule is C1CCC(C2CCC3C4C5C6CCCCC6N(C6CCCCC6)C5CCC4N(C4CCC(C5CCCC6CCCCC65)CC4)C3C2)CC1. The van der Waals surface area contributed by atoms with E-state index >= 15 is 0 Å². The van der Waals surface area contributed by atoms with Gasteiger partial charge in [-0.15, -0.1) is 0 Å². The Morgan fingerprint density at radius 3 is 1.48 bits per heavy atom. The van der Waals surface area contributed by atoms with Crippen molar-refractivity contribution < 1.29 is 0 Å². The zero-order valence-corrected chi connectivity index (χ0v) is 31.3. The number of nitrogens with zero attached hydrogens (tertiary/aromatic N) is 2. The van der Waals surface area contributed by atoms with Gasteiger partial charge in [0.1, 0.15) is 0 Å². The van der Waals surface area contributed by atoms with Crippen LogP contribution in [0.4, 0.5) is 0 Å². The molecule has 2 aliphatic heterocycles. The topological polar surface area (TPSA) is 6.48 Å². The second-order valence-electron chi connectivity index (χ2n) is 20.6. The number of hydrogen-bond acceptors (Lipinski definition) is 2. The van der Waals surface area contributed by atoms with Crippen LogP contribution in [0.3, 0.4) is 0 Å². The van der Waals surface area contributed by atoms with Gasteiger partial charge in [0.2, 0.25) is 0 Å². The summed E-state index contributed by atoms with van der Waals surface area (Å²) in [7, 11) is 0.